The van der Waals surface area contributed by atoms with E-state index in [0.717, 1.165) is 5.56 Å². The molecular formula is C13H17F3O3. The molecule has 0 saturated carbocycles. The van der Waals surface area contributed by atoms with Crippen molar-refractivity contribution in [3.05, 3.63) is 29.3 Å². The Hall–Kier alpha value is -1.27. The molecule has 1 atom stereocenters. The summed E-state index contributed by atoms with van der Waals surface area (Å²) >= 11 is 0. The van der Waals surface area contributed by atoms with Crippen LogP contribution in [0.4, 0.5) is 13.2 Å². The molecule has 1 aromatic rings. The molecule has 108 valence electrons. The Morgan fingerprint density at radius 1 is 1.26 bits per heavy atom. The van der Waals surface area contributed by atoms with E-state index in [1.807, 2.05) is 13.0 Å². The minimum atomic E-state index is -4.33. The second kappa shape index (κ2) is 6.77. The minimum absolute atomic E-state index is 0.000741. The lowest BCUT2D eigenvalue weighted by atomic mass is 10.1. The third-order valence-corrected chi connectivity index (χ3v) is 2.37. The number of aliphatic hydroxyl groups excluding tert-OH is 1. The fourth-order valence-corrected chi connectivity index (χ4v) is 1.51. The molecule has 0 aliphatic heterocycles. The summed E-state index contributed by atoms with van der Waals surface area (Å²) in [6.07, 6.45) is -5.03. The standard InChI is InChI=1S/C13H17F3O3/c1-9-3-4-11(10(2)17)12(7-9)19-6-5-18-8-13(14,15)16/h3-4,7,10,17H,5-6,8H2,1-2H3. The topological polar surface area (TPSA) is 38.7 Å². The molecule has 0 aromatic heterocycles. The summed E-state index contributed by atoms with van der Waals surface area (Å²) in [7, 11) is 0. The van der Waals surface area contributed by atoms with Gasteiger partial charge in [-0.05, 0) is 25.5 Å². The molecule has 1 aromatic carbocycles. The van der Waals surface area contributed by atoms with Crippen LogP contribution in [0.25, 0.3) is 0 Å². The van der Waals surface area contributed by atoms with Gasteiger partial charge in [0.15, 0.2) is 0 Å². The summed E-state index contributed by atoms with van der Waals surface area (Å²) in [5.41, 5.74) is 1.54. The number of aryl methyl sites for hydroxylation is 1. The lowest BCUT2D eigenvalue weighted by Gasteiger charge is -2.14. The van der Waals surface area contributed by atoms with Crippen molar-refractivity contribution in [1.82, 2.24) is 0 Å². The molecule has 0 amide bonds. The van der Waals surface area contributed by atoms with E-state index in [0.29, 0.717) is 11.3 Å². The van der Waals surface area contributed by atoms with Crippen molar-refractivity contribution >= 4 is 0 Å². The largest absolute Gasteiger partial charge is 0.491 e. The van der Waals surface area contributed by atoms with E-state index >= 15 is 0 Å². The molecule has 1 unspecified atom stereocenters. The molecule has 1 rings (SSSR count). The fraction of sp³-hybridized carbons (Fsp3) is 0.538. The van der Waals surface area contributed by atoms with Gasteiger partial charge in [-0.1, -0.05) is 12.1 Å². The van der Waals surface area contributed by atoms with Gasteiger partial charge in [-0.2, -0.15) is 13.2 Å². The lowest BCUT2D eigenvalue weighted by Crippen LogP contribution is -2.19. The highest BCUT2D eigenvalue weighted by Crippen LogP contribution is 2.26. The highest BCUT2D eigenvalue weighted by Gasteiger charge is 2.27. The maximum absolute atomic E-state index is 11.8. The van der Waals surface area contributed by atoms with E-state index in [9.17, 15) is 18.3 Å². The normalized spacial score (nSPS) is 13.4. The average molecular weight is 278 g/mol. The Kier molecular flexibility index (Phi) is 5.62. The van der Waals surface area contributed by atoms with E-state index < -0.39 is 18.9 Å². The second-order valence-corrected chi connectivity index (χ2v) is 4.23. The highest BCUT2D eigenvalue weighted by atomic mass is 19.4. The van der Waals surface area contributed by atoms with Crippen molar-refractivity contribution in [2.75, 3.05) is 19.8 Å². The van der Waals surface area contributed by atoms with Crippen molar-refractivity contribution in [2.45, 2.75) is 26.1 Å². The number of hydrogen-bond donors (Lipinski definition) is 1. The van der Waals surface area contributed by atoms with Gasteiger partial charge in [-0.3, -0.25) is 0 Å². The van der Waals surface area contributed by atoms with Gasteiger partial charge in [0.2, 0.25) is 0 Å². The number of benzene rings is 1. The van der Waals surface area contributed by atoms with E-state index in [2.05, 4.69) is 4.74 Å². The van der Waals surface area contributed by atoms with Gasteiger partial charge in [-0.15, -0.1) is 0 Å². The van der Waals surface area contributed by atoms with Crippen LogP contribution in [-0.2, 0) is 4.74 Å². The molecule has 1 N–H and O–H groups in total. The Morgan fingerprint density at radius 2 is 1.95 bits per heavy atom. The maximum atomic E-state index is 11.8. The monoisotopic (exact) mass is 278 g/mol. The van der Waals surface area contributed by atoms with Gasteiger partial charge in [0, 0.05) is 5.56 Å². The Morgan fingerprint density at radius 3 is 2.53 bits per heavy atom. The van der Waals surface area contributed by atoms with Crippen LogP contribution in [0, 0.1) is 6.92 Å². The molecule has 0 spiro atoms. The van der Waals surface area contributed by atoms with E-state index in [1.54, 1.807) is 19.1 Å². The predicted molar refractivity (Wildman–Crippen MR) is 64.2 cm³/mol. The van der Waals surface area contributed by atoms with Crippen molar-refractivity contribution in [2.24, 2.45) is 0 Å². The average Bonchev–Trinajstić information content (AvgIpc) is 2.26. The molecule has 0 bridgehead atoms. The molecule has 19 heavy (non-hydrogen) atoms. The Labute approximate surface area is 110 Å². The molecule has 0 aliphatic rings. The number of alkyl halides is 3. The molecule has 0 aliphatic carbocycles. The van der Waals surface area contributed by atoms with Crippen LogP contribution in [0.1, 0.15) is 24.2 Å². The molecule has 0 radical (unpaired) electrons. The molecule has 0 fully saturated rings. The zero-order valence-corrected chi connectivity index (χ0v) is 10.8. The third kappa shape index (κ3) is 5.94. The van der Waals surface area contributed by atoms with E-state index in [4.69, 9.17) is 4.74 Å². The van der Waals surface area contributed by atoms with Crippen LogP contribution >= 0.6 is 0 Å². The summed E-state index contributed by atoms with van der Waals surface area (Å²) in [5, 5.41) is 9.54. The molecular weight excluding hydrogens is 261 g/mol. The fourth-order valence-electron chi connectivity index (χ4n) is 1.51. The number of ether oxygens (including phenoxy) is 2. The summed E-state index contributed by atoms with van der Waals surface area (Å²) in [5.74, 6) is 0.464. The first-order valence-corrected chi connectivity index (χ1v) is 5.85. The van der Waals surface area contributed by atoms with Crippen molar-refractivity contribution < 1.29 is 27.8 Å². The summed E-state index contributed by atoms with van der Waals surface area (Å²) in [6.45, 7) is 2.01. The van der Waals surface area contributed by atoms with Gasteiger partial charge in [0.1, 0.15) is 19.0 Å². The van der Waals surface area contributed by atoms with Gasteiger partial charge >= 0.3 is 6.18 Å². The van der Waals surface area contributed by atoms with E-state index in [1.165, 1.54) is 0 Å². The number of rotatable bonds is 6. The van der Waals surface area contributed by atoms with Crippen LogP contribution in [-0.4, -0.2) is 31.1 Å². The zero-order chi connectivity index (χ0) is 14.5. The van der Waals surface area contributed by atoms with Crippen molar-refractivity contribution in [3.8, 4) is 5.75 Å². The van der Waals surface area contributed by atoms with Crippen molar-refractivity contribution in [3.63, 3.8) is 0 Å². The van der Waals surface area contributed by atoms with Gasteiger partial charge < -0.3 is 14.6 Å². The zero-order valence-electron chi connectivity index (χ0n) is 10.8. The summed E-state index contributed by atoms with van der Waals surface area (Å²) in [6, 6.07) is 5.28. The molecule has 6 heteroatoms. The number of aliphatic hydroxyl groups is 1. The van der Waals surface area contributed by atoms with Gasteiger partial charge in [0.25, 0.3) is 0 Å². The quantitative estimate of drug-likeness (QED) is 0.813. The van der Waals surface area contributed by atoms with Gasteiger partial charge in [-0.25, -0.2) is 0 Å². The van der Waals surface area contributed by atoms with Crippen LogP contribution < -0.4 is 4.74 Å². The first-order chi connectivity index (χ1) is 8.79. The Bertz CT molecular complexity index is 403. The predicted octanol–water partition coefficient (Wildman–Crippen LogP) is 3.01. The first-order valence-electron chi connectivity index (χ1n) is 5.85. The number of hydrogen-bond acceptors (Lipinski definition) is 3. The van der Waals surface area contributed by atoms with Crippen molar-refractivity contribution in [1.29, 1.82) is 0 Å². The Balaban J connectivity index is 2.46. The second-order valence-electron chi connectivity index (χ2n) is 4.23. The van der Waals surface area contributed by atoms with Crippen LogP contribution in [0.5, 0.6) is 5.75 Å². The first kappa shape index (κ1) is 15.8. The highest BCUT2D eigenvalue weighted by molar-refractivity contribution is 5.38. The van der Waals surface area contributed by atoms with Crippen LogP contribution in [0.2, 0.25) is 0 Å². The van der Waals surface area contributed by atoms with Gasteiger partial charge in [0.05, 0.1) is 12.7 Å². The molecule has 3 nitrogen and oxygen atoms in total. The van der Waals surface area contributed by atoms with Crippen LogP contribution in [0.3, 0.4) is 0 Å². The maximum Gasteiger partial charge on any atom is 0.411 e. The smallest absolute Gasteiger partial charge is 0.411 e. The van der Waals surface area contributed by atoms with E-state index in [-0.39, 0.29) is 13.2 Å². The third-order valence-electron chi connectivity index (χ3n) is 2.37. The molecule has 0 saturated heterocycles. The minimum Gasteiger partial charge on any atom is -0.491 e. The molecule has 0 heterocycles. The number of halogens is 3. The summed E-state index contributed by atoms with van der Waals surface area (Å²) in [4.78, 5) is 0. The summed E-state index contributed by atoms with van der Waals surface area (Å²) < 4.78 is 45.3. The lowest BCUT2D eigenvalue weighted by molar-refractivity contribution is -0.175. The SMILES string of the molecule is Cc1ccc(C(C)O)c(OCCOCC(F)(F)F)c1. The van der Waals surface area contributed by atoms with Crippen LogP contribution in [0.15, 0.2) is 18.2 Å².